The fourth-order valence-corrected chi connectivity index (χ4v) is 1.66. The minimum atomic E-state index is -0.309. The molecule has 0 aliphatic heterocycles. The highest BCUT2D eigenvalue weighted by atomic mass is 127. The molecule has 0 bridgehead atoms. The minimum absolute atomic E-state index is 0.173. The average molecular weight is 328 g/mol. The van der Waals surface area contributed by atoms with Gasteiger partial charge in [0.2, 0.25) is 0 Å². The van der Waals surface area contributed by atoms with Crippen molar-refractivity contribution < 1.29 is 4.74 Å². The van der Waals surface area contributed by atoms with Crippen molar-refractivity contribution in [1.29, 1.82) is 0 Å². The van der Waals surface area contributed by atoms with Gasteiger partial charge in [0.25, 0.3) is 0 Å². The van der Waals surface area contributed by atoms with Crippen LogP contribution in [0.2, 0.25) is 0 Å². The average Bonchev–Trinajstić information content (AvgIpc) is 2.32. The predicted octanol–water partition coefficient (Wildman–Crippen LogP) is 1.88. The summed E-state index contributed by atoms with van der Waals surface area (Å²) in [5, 5.41) is 0. The summed E-state index contributed by atoms with van der Waals surface area (Å²) in [4.78, 5) is 15.1. The summed E-state index contributed by atoms with van der Waals surface area (Å²) in [5.74, 6) is 0.730. The molecule has 0 unspecified atom stereocenters. The normalized spacial score (nSPS) is 10.1. The summed E-state index contributed by atoms with van der Waals surface area (Å²) in [7, 11) is 0. The van der Waals surface area contributed by atoms with Crippen LogP contribution in [-0.4, -0.2) is 9.55 Å². The summed E-state index contributed by atoms with van der Waals surface area (Å²) in [6.07, 6.45) is 3.24. The second-order valence-corrected chi connectivity index (χ2v) is 4.36. The maximum absolute atomic E-state index is 11.4. The van der Waals surface area contributed by atoms with Gasteiger partial charge in [-0.3, -0.25) is 4.57 Å². The second kappa shape index (κ2) is 5.11. The van der Waals surface area contributed by atoms with Gasteiger partial charge in [-0.25, -0.2) is 9.78 Å². The smallest absolute Gasteiger partial charge is 0.350 e. The number of aromatic nitrogens is 2. The molecule has 5 heteroatoms. The van der Waals surface area contributed by atoms with Gasteiger partial charge in [-0.2, -0.15) is 0 Å². The van der Waals surface area contributed by atoms with Gasteiger partial charge >= 0.3 is 5.69 Å². The highest BCUT2D eigenvalue weighted by Gasteiger charge is 1.98. The fourth-order valence-electron chi connectivity index (χ4n) is 1.18. The Bertz CT molecular complexity index is 525. The minimum Gasteiger partial charge on any atom is -0.473 e. The molecule has 0 radical (unpaired) electrons. The van der Waals surface area contributed by atoms with Crippen LogP contribution in [0.1, 0.15) is 0 Å². The van der Waals surface area contributed by atoms with Crippen LogP contribution in [0.25, 0.3) is 0 Å². The molecule has 0 aliphatic rings. The van der Waals surface area contributed by atoms with E-state index in [2.05, 4.69) is 27.6 Å². The first-order valence-corrected chi connectivity index (χ1v) is 5.73. The van der Waals surface area contributed by atoms with E-state index in [4.69, 9.17) is 4.74 Å². The molecule has 2 rings (SSSR count). The molecule has 0 amide bonds. The van der Waals surface area contributed by atoms with Gasteiger partial charge in [0.15, 0.2) is 6.73 Å². The van der Waals surface area contributed by atoms with E-state index in [9.17, 15) is 4.79 Å². The van der Waals surface area contributed by atoms with Gasteiger partial charge in [-0.05, 0) is 34.7 Å². The summed E-state index contributed by atoms with van der Waals surface area (Å²) in [6, 6.07) is 9.35. The number of nitrogens with zero attached hydrogens (tertiary/aromatic N) is 2. The molecule has 16 heavy (non-hydrogen) atoms. The van der Waals surface area contributed by atoms with Crippen molar-refractivity contribution in [2.24, 2.45) is 0 Å². The SMILES string of the molecule is O=c1ncc(I)cn1COc1ccccc1. The number of hydrogen-bond acceptors (Lipinski definition) is 3. The van der Waals surface area contributed by atoms with E-state index in [1.807, 2.05) is 30.3 Å². The largest absolute Gasteiger partial charge is 0.473 e. The van der Waals surface area contributed by atoms with Crippen LogP contribution in [0.15, 0.2) is 47.5 Å². The van der Waals surface area contributed by atoms with Crippen LogP contribution in [0, 0.1) is 3.57 Å². The van der Waals surface area contributed by atoms with Crippen LogP contribution in [0.5, 0.6) is 5.75 Å². The molecule has 1 aromatic heterocycles. The van der Waals surface area contributed by atoms with Crippen molar-refractivity contribution >= 4 is 22.6 Å². The molecular weight excluding hydrogens is 319 g/mol. The van der Waals surface area contributed by atoms with Gasteiger partial charge in [0.05, 0.1) is 0 Å². The van der Waals surface area contributed by atoms with Crippen LogP contribution in [0.3, 0.4) is 0 Å². The lowest BCUT2D eigenvalue weighted by Crippen LogP contribution is -2.24. The molecule has 0 spiro atoms. The van der Waals surface area contributed by atoms with Crippen molar-refractivity contribution in [1.82, 2.24) is 9.55 Å². The van der Waals surface area contributed by atoms with E-state index >= 15 is 0 Å². The molecule has 0 N–H and O–H groups in total. The van der Waals surface area contributed by atoms with Crippen LogP contribution in [-0.2, 0) is 6.73 Å². The maximum atomic E-state index is 11.4. The van der Waals surface area contributed by atoms with E-state index < -0.39 is 0 Å². The Kier molecular flexibility index (Phi) is 3.55. The Balaban J connectivity index is 2.11. The summed E-state index contributed by atoms with van der Waals surface area (Å²) >= 11 is 2.10. The summed E-state index contributed by atoms with van der Waals surface area (Å²) < 4.78 is 7.77. The van der Waals surface area contributed by atoms with Crippen LogP contribution in [0.4, 0.5) is 0 Å². The predicted molar refractivity (Wildman–Crippen MR) is 68.3 cm³/mol. The fraction of sp³-hybridized carbons (Fsp3) is 0.0909. The topological polar surface area (TPSA) is 44.1 Å². The van der Waals surface area contributed by atoms with Crippen molar-refractivity contribution in [2.45, 2.75) is 6.73 Å². The molecule has 0 aliphatic carbocycles. The molecule has 0 saturated carbocycles. The van der Waals surface area contributed by atoms with Gasteiger partial charge < -0.3 is 4.74 Å². The Hall–Kier alpha value is -1.37. The first-order valence-electron chi connectivity index (χ1n) is 4.65. The zero-order chi connectivity index (χ0) is 11.4. The van der Waals surface area contributed by atoms with Gasteiger partial charge in [0.1, 0.15) is 5.75 Å². The molecule has 0 atom stereocenters. The monoisotopic (exact) mass is 328 g/mol. The van der Waals surface area contributed by atoms with Crippen LogP contribution < -0.4 is 10.4 Å². The molecule has 2 aromatic rings. The number of para-hydroxylation sites is 1. The van der Waals surface area contributed by atoms with Crippen LogP contribution >= 0.6 is 22.6 Å². The van der Waals surface area contributed by atoms with Gasteiger partial charge in [-0.1, -0.05) is 18.2 Å². The van der Waals surface area contributed by atoms with E-state index in [1.165, 1.54) is 10.8 Å². The van der Waals surface area contributed by atoms with Crippen molar-refractivity contribution in [3.63, 3.8) is 0 Å². The van der Waals surface area contributed by atoms with E-state index in [0.717, 1.165) is 9.32 Å². The zero-order valence-electron chi connectivity index (χ0n) is 8.34. The van der Waals surface area contributed by atoms with Crippen molar-refractivity contribution in [3.8, 4) is 5.75 Å². The second-order valence-electron chi connectivity index (χ2n) is 3.11. The van der Waals surface area contributed by atoms with E-state index in [1.54, 1.807) is 6.20 Å². The van der Waals surface area contributed by atoms with Gasteiger partial charge in [0, 0.05) is 16.0 Å². The lowest BCUT2D eigenvalue weighted by Gasteiger charge is -2.07. The molecule has 1 aromatic carbocycles. The van der Waals surface area contributed by atoms with E-state index in [-0.39, 0.29) is 12.4 Å². The Labute approximate surface area is 106 Å². The Morgan fingerprint density at radius 2 is 2.06 bits per heavy atom. The van der Waals surface area contributed by atoms with Gasteiger partial charge in [-0.15, -0.1) is 0 Å². The Morgan fingerprint density at radius 3 is 2.81 bits per heavy atom. The Morgan fingerprint density at radius 1 is 1.31 bits per heavy atom. The highest BCUT2D eigenvalue weighted by molar-refractivity contribution is 14.1. The number of rotatable bonds is 3. The van der Waals surface area contributed by atoms with Crippen molar-refractivity contribution in [3.05, 3.63) is 56.8 Å². The summed E-state index contributed by atoms with van der Waals surface area (Å²) in [5.41, 5.74) is -0.309. The number of ether oxygens (including phenoxy) is 1. The third-order valence-corrected chi connectivity index (χ3v) is 2.49. The molecule has 0 fully saturated rings. The maximum Gasteiger partial charge on any atom is 0.350 e. The first kappa shape index (κ1) is 11.1. The first-order chi connectivity index (χ1) is 7.75. The number of halogens is 1. The molecule has 1 heterocycles. The zero-order valence-corrected chi connectivity index (χ0v) is 10.5. The molecular formula is C11H9IN2O2. The number of benzene rings is 1. The third kappa shape index (κ3) is 2.82. The quantitative estimate of drug-likeness (QED) is 0.808. The highest BCUT2D eigenvalue weighted by Crippen LogP contribution is 2.08. The van der Waals surface area contributed by atoms with E-state index in [0.29, 0.717) is 0 Å². The molecule has 4 nitrogen and oxygen atoms in total. The molecule has 82 valence electrons. The molecule has 0 saturated heterocycles. The number of hydrogen-bond donors (Lipinski definition) is 0. The summed E-state index contributed by atoms with van der Waals surface area (Å²) in [6.45, 7) is 0.173. The lowest BCUT2D eigenvalue weighted by molar-refractivity contribution is 0.229. The standard InChI is InChI=1S/C11H9IN2O2/c12-9-6-13-11(15)14(7-9)8-16-10-4-2-1-3-5-10/h1-7H,8H2. The lowest BCUT2D eigenvalue weighted by atomic mass is 10.3. The third-order valence-electron chi connectivity index (χ3n) is 1.94. The van der Waals surface area contributed by atoms with Crippen molar-refractivity contribution in [2.75, 3.05) is 0 Å².